The molecule has 0 saturated carbocycles. The summed E-state index contributed by atoms with van der Waals surface area (Å²) in [4.78, 5) is 18.8. The second-order valence-electron chi connectivity index (χ2n) is 1.48. The topological polar surface area (TPSA) is 35.5 Å². The second kappa shape index (κ2) is 2.47. The molecule has 0 aliphatic carbocycles. The quantitative estimate of drug-likeness (QED) is 0.366. The largest absolute Gasteiger partial charge is 0.345 e. The summed E-state index contributed by atoms with van der Waals surface area (Å²) in [6.07, 6.45) is 2.74. The fraction of sp³-hybridized carbons (Fsp3) is 0.400. The van der Waals surface area contributed by atoms with Crippen molar-refractivity contribution in [3.8, 4) is 0 Å². The predicted molar refractivity (Wildman–Crippen MR) is 25.8 cm³/mol. The molecule has 8 heavy (non-hydrogen) atoms. The Morgan fingerprint density at radius 2 is 2.62 bits per heavy atom. The first-order chi connectivity index (χ1) is 3.93. The molecular formula is C5H6O3. The minimum atomic E-state index is 0.477. The van der Waals surface area contributed by atoms with Crippen molar-refractivity contribution in [1.82, 2.24) is 0 Å². The van der Waals surface area contributed by atoms with Gasteiger partial charge in [-0.25, -0.2) is 0 Å². The van der Waals surface area contributed by atoms with E-state index >= 15 is 0 Å². The molecule has 0 unspecified atom stereocenters. The summed E-state index contributed by atoms with van der Waals surface area (Å²) in [5.74, 6) is 0. The Labute approximate surface area is 46.8 Å². The lowest BCUT2D eigenvalue weighted by Gasteiger charge is -2.06. The van der Waals surface area contributed by atoms with Crippen molar-refractivity contribution in [2.24, 2.45) is 0 Å². The lowest BCUT2D eigenvalue weighted by Crippen LogP contribution is -2.02. The molecule has 0 radical (unpaired) electrons. The molecule has 0 aromatic rings. The molecule has 0 spiro atoms. The molecule has 0 bridgehead atoms. The van der Waals surface area contributed by atoms with E-state index in [4.69, 9.17) is 0 Å². The van der Waals surface area contributed by atoms with Crippen LogP contribution in [-0.2, 0) is 14.6 Å². The third-order valence-electron chi connectivity index (χ3n) is 0.893. The summed E-state index contributed by atoms with van der Waals surface area (Å²) in [6.45, 7) is 0.477. The van der Waals surface area contributed by atoms with E-state index in [1.807, 2.05) is 0 Å². The smallest absolute Gasteiger partial charge is 0.149 e. The van der Waals surface area contributed by atoms with Gasteiger partial charge < -0.3 is 4.89 Å². The average molecular weight is 114 g/mol. The fourth-order valence-corrected chi connectivity index (χ4v) is 0.449. The van der Waals surface area contributed by atoms with Gasteiger partial charge in [0, 0.05) is 12.0 Å². The molecule has 0 amide bonds. The van der Waals surface area contributed by atoms with E-state index in [2.05, 4.69) is 9.78 Å². The van der Waals surface area contributed by atoms with Gasteiger partial charge in [0.1, 0.15) is 12.5 Å². The SMILES string of the molecule is O=CC1=COOCC1. The number of carbonyl (C=O) groups excluding carboxylic acids is 1. The molecule has 0 N–H and O–H groups in total. The van der Waals surface area contributed by atoms with Crippen molar-refractivity contribution in [3.63, 3.8) is 0 Å². The zero-order valence-electron chi connectivity index (χ0n) is 4.29. The van der Waals surface area contributed by atoms with Crippen molar-refractivity contribution >= 4 is 6.29 Å². The maximum atomic E-state index is 9.96. The number of rotatable bonds is 1. The summed E-state index contributed by atoms with van der Waals surface area (Å²) in [5.41, 5.74) is 0.649. The van der Waals surface area contributed by atoms with Gasteiger partial charge in [-0.2, -0.15) is 4.89 Å². The van der Waals surface area contributed by atoms with Gasteiger partial charge >= 0.3 is 0 Å². The van der Waals surface area contributed by atoms with Gasteiger partial charge in [0.15, 0.2) is 0 Å². The number of hydrogen-bond donors (Lipinski definition) is 0. The summed E-state index contributed by atoms with van der Waals surface area (Å²) >= 11 is 0. The van der Waals surface area contributed by atoms with Crippen LogP contribution in [0.1, 0.15) is 6.42 Å². The van der Waals surface area contributed by atoms with Crippen molar-refractivity contribution in [2.45, 2.75) is 6.42 Å². The van der Waals surface area contributed by atoms with Crippen LogP contribution in [0.3, 0.4) is 0 Å². The van der Waals surface area contributed by atoms with Crippen LogP contribution in [0.4, 0.5) is 0 Å². The Bertz CT molecular complexity index is 117. The first kappa shape index (κ1) is 5.31. The van der Waals surface area contributed by atoms with E-state index in [0.717, 1.165) is 6.29 Å². The highest BCUT2D eigenvalue weighted by atomic mass is 17.2. The molecule has 0 aromatic heterocycles. The molecule has 1 aliphatic heterocycles. The Morgan fingerprint density at radius 1 is 1.75 bits per heavy atom. The molecule has 1 rings (SSSR count). The van der Waals surface area contributed by atoms with Crippen LogP contribution < -0.4 is 0 Å². The minimum absolute atomic E-state index is 0.477. The van der Waals surface area contributed by atoms with Crippen LogP contribution >= 0.6 is 0 Å². The molecule has 44 valence electrons. The third-order valence-corrected chi connectivity index (χ3v) is 0.893. The standard InChI is InChI=1S/C5H6O3/c6-3-5-1-2-7-8-4-5/h3-4H,1-2H2. The van der Waals surface area contributed by atoms with Gasteiger partial charge in [-0.05, 0) is 0 Å². The molecule has 0 fully saturated rings. The van der Waals surface area contributed by atoms with E-state index in [9.17, 15) is 4.79 Å². The molecule has 3 nitrogen and oxygen atoms in total. The van der Waals surface area contributed by atoms with Gasteiger partial charge in [-0.1, -0.05) is 0 Å². The monoisotopic (exact) mass is 114 g/mol. The Hall–Kier alpha value is -0.830. The van der Waals surface area contributed by atoms with Crippen LogP contribution in [0.5, 0.6) is 0 Å². The van der Waals surface area contributed by atoms with Crippen LogP contribution in [-0.4, -0.2) is 12.9 Å². The molecule has 0 saturated heterocycles. The highest BCUT2D eigenvalue weighted by Gasteiger charge is 2.01. The molecule has 1 aliphatic rings. The van der Waals surface area contributed by atoms with Gasteiger partial charge in [-0.15, -0.1) is 0 Å². The Kier molecular flexibility index (Phi) is 1.64. The van der Waals surface area contributed by atoms with Crippen molar-refractivity contribution in [1.29, 1.82) is 0 Å². The third kappa shape index (κ3) is 1.07. The average Bonchev–Trinajstić information content (AvgIpc) is 1.90. The lowest BCUT2D eigenvalue weighted by atomic mass is 10.2. The van der Waals surface area contributed by atoms with Gasteiger partial charge in [0.05, 0.1) is 6.61 Å². The maximum absolute atomic E-state index is 9.96. The fourth-order valence-electron chi connectivity index (χ4n) is 0.449. The molecule has 1 heterocycles. The highest BCUT2D eigenvalue weighted by molar-refractivity contribution is 5.72. The summed E-state index contributed by atoms with van der Waals surface area (Å²) in [6, 6.07) is 0. The van der Waals surface area contributed by atoms with E-state index < -0.39 is 0 Å². The van der Waals surface area contributed by atoms with E-state index in [1.165, 1.54) is 6.26 Å². The van der Waals surface area contributed by atoms with Gasteiger partial charge in [0.2, 0.25) is 0 Å². The van der Waals surface area contributed by atoms with Crippen molar-refractivity contribution in [3.05, 3.63) is 11.8 Å². The summed E-state index contributed by atoms with van der Waals surface area (Å²) in [7, 11) is 0. The van der Waals surface area contributed by atoms with Crippen LogP contribution in [0.2, 0.25) is 0 Å². The maximum Gasteiger partial charge on any atom is 0.149 e. The predicted octanol–water partition coefficient (Wildman–Crippen LogP) is 0.421. The zero-order valence-corrected chi connectivity index (χ0v) is 4.29. The zero-order chi connectivity index (χ0) is 5.82. The normalized spacial score (nSPS) is 18.8. The number of hydrogen-bond acceptors (Lipinski definition) is 3. The van der Waals surface area contributed by atoms with E-state index in [-0.39, 0.29) is 0 Å². The molecule has 3 heteroatoms. The number of carbonyl (C=O) groups is 1. The van der Waals surface area contributed by atoms with Crippen LogP contribution in [0.25, 0.3) is 0 Å². The van der Waals surface area contributed by atoms with Gasteiger partial charge in [-0.3, -0.25) is 4.79 Å². The van der Waals surface area contributed by atoms with Crippen molar-refractivity contribution < 1.29 is 14.6 Å². The van der Waals surface area contributed by atoms with Crippen LogP contribution in [0.15, 0.2) is 11.8 Å². The number of aldehydes is 1. The van der Waals surface area contributed by atoms with E-state index in [0.29, 0.717) is 18.6 Å². The first-order valence-corrected chi connectivity index (χ1v) is 2.36. The molecular weight excluding hydrogens is 108 g/mol. The van der Waals surface area contributed by atoms with Crippen LogP contribution in [0, 0.1) is 0 Å². The lowest BCUT2D eigenvalue weighted by molar-refractivity contribution is -0.255. The highest BCUT2D eigenvalue weighted by Crippen LogP contribution is 2.04. The van der Waals surface area contributed by atoms with Gasteiger partial charge in [0.25, 0.3) is 0 Å². The summed E-state index contributed by atoms with van der Waals surface area (Å²) < 4.78 is 0. The van der Waals surface area contributed by atoms with E-state index in [1.54, 1.807) is 0 Å². The van der Waals surface area contributed by atoms with Crippen molar-refractivity contribution in [2.75, 3.05) is 6.61 Å². The minimum Gasteiger partial charge on any atom is -0.345 e. The Morgan fingerprint density at radius 3 is 3.00 bits per heavy atom. The second-order valence-corrected chi connectivity index (χ2v) is 1.48. The molecule has 0 atom stereocenters. The first-order valence-electron chi connectivity index (χ1n) is 2.36. The Balaban J connectivity index is 2.49. The summed E-state index contributed by atoms with van der Waals surface area (Å²) in [5, 5.41) is 0. The molecule has 0 aromatic carbocycles.